The first kappa shape index (κ1) is 31.6. The Balaban J connectivity index is 1.36. The van der Waals surface area contributed by atoms with Crippen molar-refractivity contribution in [3.05, 3.63) is 57.3 Å². The number of rotatable bonds is 4. The largest absolute Gasteiger partial charge is 0.444 e. The third-order valence-electron chi connectivity index (χ3n) is 8.34. The van der Waals surface area contributed by atoms with Gasteiger partial charge in [0.1, 0.15) is 17.3 Å². The third kappa shape index (κ3) is 6.07. The molecule has 0 radical (unpaired) electrons. The second-order valence-corrected chi connectivity index (χ2v) is 12.7. The van der Waals surface area contributed by atoms with Gasteiger partial charge in [-0.1, -0.05) is 6.08 Å². The van der Waals surface area contributed by atoms with Crippen molar-refractivity contribution in [3.63, 3.8) is 0 Å². The van der Waals surface area contributed by atoms with Gasteiger partial charge in [0, 0.05) is 31.9 Å². The molecule has 0 saturated carbocycles. The van der Waals surface area contributed by atoms with Gasteiger partial charge in [0.2, 0.25) is 11.7 Å². The number of benzene rings is 1. The van der Waals surface area contributed by atoms with Gasteiger partial charge in [-0.2, -0.15) is 22.7 Å². The predicted molar refractivity (Wildman–Crippen MR) is 163 cm³/mol. The highest BCUT2D eigenvalue weighted by Crippen LogP contribution is 2.36. The van der Waals surface area contributed by atoms with Crippen LogP contribution in [0.5, 0.6) is 0 Å². The SMILES string of the molecule is Cc1cc(C(F)(F)F)ccc1NC(=O)[C@@H]1CCc2c(N3CCN(C(=O)OC(C)(C)C)CC3)c(=O)n3nc(C4=CCOCC4)nc3n21. The van der Waals surface area contributed by atoms with Crippen molar-refractivity contribution < 1.29 is 32.2 Å². The second-order valence-electron chi connectivity index (χ2n) is 12.7. The summed E-state index contributed by atoms with van der Waals surface area (Å²) in [5.41, 5.74) is 0.541. The Kier molecular flexibility index (Phi) is 8.07. The van der Waals surface area contributed by atoms with Gasteiger partial charge < -0.3 is 24.6 Å². The Bertz CT molecular complexity index is 1780. The van der Waals surface area contributed by atoms with Gasteiger partial charge in [0.15, 0.2) is 5.82 Å². The molecule has 0 unspecified atom stereocenters. The topological polar surface area (TPSA) is 123 Å². The smallest absolute Gasteiger partial charge is 0.416 e. The monoisotopic (exact) mass is 643 g/mol. The van der Waals surface area contributed by atoms with Crippen LogP contribution >= 0.6 is 0 Å². The van der Waals surface area contributed by atoms with E-state index in [1.807, 2.05) is 11.0 Å². The lowest BCUT2D eigenvalue weighted by Crippen LogP contribution is -2.51. The number of anilines is 2. The zero-order valence-corrected chi connectivity index (χ0v) is 26.1. The quantitative estimate of drug-likeness (QED) is 0.449. The fraction of sp³-hybridized carbons (Fsp3) is 0.516. The molecule has 1 N–H and O–H groups in total. The number of ether oxygens (including phenoxy) is 2. The number of nitrogens with zero attached hydrogens (tertiary/aromatic N) is 6. The van der Waals surface area contributed by atoms with Gasteiger partial charge in [0.25, 0.3) is 5.56 Å². The molecule has 2 amide bonds. The molecule has 246 valence electrons. The Labute approximate surface area is 262 Å². The van der Waals surface area contributed by atoms with E-state index in [4.69, 9.17) is 14.5 Å². The molecule has 0 aliphatic carbocycles. The highest BCUT2D eigenvalue weighted by molar-refractivity contribution is 5.95. The molecule has 0 spiro atoms. The highest BCUT2D eigenvalue weighted by Gasteiger charge is 2.38. The van der Waals surface area contributed by atoms with E-state index in [0.29, 0.717) is 75.9 Å². The number of hydrogen-bond donors (Lipinski definition) is 1. The van der Waals surface area contributed by atoms with Gasteiger partial charge in [-0.15, -0.1) is 5.10 Å². The number of alkyl halides is 3. The van der Waals surface area contributed by atoms with E-state index in [-0.39, 0.29) is 22.6 Å². The predicted octanol–water partition coefficient (Wildman–Crippen LogP) is 4.21. The maximum atomic E-state index is 14.1. The molecular formula is C31H36F3N7O5. The summed E-state index contributed by atoms with van der Waals surface area (Å²) in [4.78, 5) is 48.8. The molecule has 5 heterocycles. The number of aromatic nitrogens is 4. The van der Waals surface area contributed by atoms with Crippen LogP contribution in [-0.2, 0) is 26.9 Å². The van der Waals surface area contributed by atoms with E-state index in [2.05, 4.69) is 10.4 Å². The van der Waals surface area contributed by atoms with E-state index in [1.165, 1.54) is 17.5 Å². The molecular weight excluding hydrogens is 607 g/mol. The van der Waals surface area contributed by atoms with Crippen LogP contribution in [0.4, 0.5) is 29.3 Å². The minimum atomic E-state index is -4.50. The summed E-state index contributed by atoms with van der Waals surface area (Å²) in [6, 6.07) is 2.37. The standard InChI is InChI=1S/C31H36F3N7O5/c1-18-17-20(31(32,33)34)5-6-21(18)35-26(42)23-8-7-22-24(38-11-13-39(14-12-38)29(44)46-30(2,3)4)27(43)41-28(40(22)23)36-25(37-41)19-9-15-45-16-10-19/h5-6,9,17,23H,7-8,10-16H2,1-4H3,(H,35,42)/t23-/m0/s1. The van der Waals surface area contributed by atoms with Crippen LogP contribution in [0, 0.1) is 6.92 Å². The van der Waals surface area contributed by atoms with Crippen LogP contribution in [0.1, 0.15) is 62.3 Å². The Morgan fingerprint density at radius 1 is 1.09 bits per heavy atom. The fourth-order valence-electron chi connectivity index (χ4n) is 6.09. The van der Waals surface area contributed by atoms with Crippen molar-refractivity contribution in [3.8, 4) is 0 Å². The Morgan fingerprint density at radius 2 is 1.83 bits per heavy atom. The minimum absolute atomic E-state index is 0.209. The number of nitrogens with one attached hydrogen (secondary N) is 1. The number of hydrogen-bond acceptors (Lipinski definition) is 8. The summed E-state index contributed by atoms with van der Waals surface area (Å²) >= 11 is 0. The van der Waals surface area contributed by atoms with Crippen LogP contribution in [0.2, 0.25) is 0 Å². The first-order chi connectivity index (χ1) is 21.7. The molecule has 15 heteroatoms. The maximum Gasteiger partial charge on any atom is 0.416 e. The Morgan fingerprint density at radius 3 is 2.46 bits per heavy atom. The van der Waals surface area contributed by atoms with E-state index in [9.17, 15) is 27.6 Å². The molecule has 0 bridgehead atoms. The average molecular weight is 644 g/mol. The summed E-state index contributed by atoms with van der Waals surface area (Å²) < 4.78 is 53.6. The molecule has 1 saturated heterocycles. The fourth-order valence-corrected chi connectivity index (χ4v) is 6.09. The van der Waals surface area contributed by atoms with Gasteiger partial charge in [-0.3, -0.25) is 14.2 Å². The molecule has 3 aliphatic heterocycles. The third-order valence-corrected chi connectivity index (χ3v) is 8.34. The molecule has 1 aromatic carbocycles. The van der Waals surface area contributed by atoms with E-state index < -0.39 is 35.4 Å². The van der Waals surface area contributed by atoms with E-state index in [1.54, 1.807) is 30.2 Å². The zero-order valence-electron chi connectivity index (χ0n) is 26.1. The van der Waals surface area contributed by atoms with Gasteiger partial charge >= 0.3 is 12.3 Å². The minimum Gasteiger partial charge on any atom is -0.444 e. The van der Waals surface area contributed by atoms with Crippen molar-refractivity contribution in [2.24, 2.45) is 0 Å². The molecule has 6 rings (SSSR count). The lowest BCUT2D eigenvalue weighted by molar-refractivity contribution is -0.137. The van der Waals surface area contributed by atoms with Gasteiger partial charge in [-0.05, 0) is 76.3 Å². The first-order valence-electron chi connectivity index (χ1n) is 15.2. The summed E-state index contributed by atoms with van der Waals surface area (Å²) in [6.45, 7) is 9.17. The number of carbonyl (C=O) groups excluding carboxylic acids is 2. The van der Waals surface area contributed by atoms with Crippen LogP contribution in [0.25, 0.3) is 11.4 Å². The Hall–Kier alpha value is -4.40. The van der Waals surface area contributed by atoms with Crippen molar-refractivity contribution in [1.82, 2.24) is 24.1 Å². The molecule has 46 heavy (non-hydrogen) atoms. The average Bonchev–Trinajstić information content (AvgIpc) is 3.63. The lowest BCUT2D eigenvalue weighted by atomic mass is 10.1. The van der Waals surface area contributed by atoms with E-state index in [0.717, 1.165) is 17.7 Å². The van der Waals surface area contributed by atoms with Crippen molar-refractivity contribution in [2.75, 3.05) is 49.6 Å². The van der Waals surface area contributed by atoms with Gasteiger partial charge in [0.05, 0.1) is 24.5 Å². The van der Waals surface area contributed by atoms with Crippen LogP contribution in [-0.4, -0.2) is 81.1 Å². The molecule has 3 aromatic rings. The van der Waals surface area contributed by atoms with E-state index >= 15 is 0 Å². The molecule has 1 atom stereocenters. The normalized spacial score (nSPS) is 18.8. The molecule has 2 aromatic heterocycles. The van der Waals surface area contributed by atoms with Crippen LogP contribution in [0.3, 0.4) is 0 Å². The van der Waals surface area contributed by atoms with Gasteiger partial charge in [-0.25, -0.2) is 4.79 Å². The molecule has 1 fully saturated rings. The summed E-state index contributed by atoms with van der Waals surface area (Å²) in [5.74, 6) is 0.134. The number of carbonyl (C=O) groups is 2. The maximum absolute atomic E-state index is 14.1. The summed E-state index contributed by atoms with van der Waals surface area (Å²) in [6.07, 6.45) is -1.78. The van der Waals surface area contributed by atoms with Crippen molar-refractivity contribution in [1.29, 1.82) is 0 Å². The molecule has 3 aliphatic rings. The lowest BCUT2D eigenvalue weighted by Gasteiger charge is -2.37. The van der Waals surface area contributed by atoms with Crippen molar-refractivity contribution >= 4 is 34.7 Å². The molecule has 12 nitrogen and oxygen atoms in total. The number of amides is 2. The number of piperazine rings is 1. The number of fused-ring (bicyclic) bond motifs is 3. The number of halogens is 3. The number of aryl methyl sites for hydroxylation is 1. The zero-order chi connectivity index (χ0) is 33.0. The van der Waals surface area contributed by atoms with Crippen LogP contribution in [0.15, 0.2) is 29.1 Å². The second kappa shape index (κ2) is 11.8. The van der Waals surface area contributed by atoms with Crippen LogP contribution < -0.4 is 15.8 Å². The summed E-state index contributed by atoms with van der Waals surface area (Å²) in [5, 5.41) is 7.37. The summed E-state index contributed by atoms with van der Waals surface area (Å²) in [7, 11) is 0. The first-order valence-corrected chi connectivity index (χ1v) is 15.2. The van der Waals surface area contributed by atoms with Crippen molar-refractivity contribution in [2.45, 2.75) is 64.8 Å². The highest BCUT2D eigenvalue weighted by atomic mass is 19.4.